The van der Waals surface area contributed by atoms with Gasteiger partial charge in [-0.25, -0.2) is 5.84 Å². The highest BCUT2D eigenvalue weighted by Crippen LogP contribution is 2.23. The molecule has 3 atom stereocenters. The zero-order chi connectivity index (χ0) is 12.3. The van der Waals surface area contributed by atoms with Gasteiger partial charge >= 0.3 is 0 Å². The van der Waals surface area contributed by atoms with Gasteiger partial charge in [-0.1, -0.05) is 0 Å². The summed E-state index contributed by atoms with van der Waals surface area (Å²) in [4.78, 5) is 13.8. The molecule has 1 amide bonds. The van der Waals surface area contributed by atoms with E-state index in [0.29, 0.717) is 6.04 Å². The fourth-order valence-corrected chi connectivity index (χ4v) is 3.50. The second-order valence-corrected chi connectivity index (χ2v) is 5.90. The van der Waals surface area contributed by atoms with Crippen LogP contribution in [-0.4, -0.2) is 53.7 Å². The molecule has 3 unspecified atom stereocenters. The number of thioether (sulfide) groups is 1. The largest absolute Gasteiger partial charge is 0.364 e. The molecule has 5 nitrogen and oxygen atoms in total. The molecule has 2 fully saturated rings. The molecule has 0 aromatic carbocycles. The van der Waals surface area contributed by atoms with Crippen LogP contribution in [-0.2, 0) is 9.53 Å². The lowest BCUT2D eigenvalue weighted by Gasteiger charge is -2.34. The highest BCUT2D eigenvalue weighted by Gasteiger charge is 2.32. The molecule has 2 aliphatic rings. The van der Waals surface area contributed by atoms with E-state index in [9.17, 15) is 4.79 Å². The topological polar surface area (TPSA) is 67.6 Å². The van der Waals surface area contributed by atoms with Crippen LogP contribution in [0.1, 0.15) is 19.8 Å². The molecule has 98 valence electrons. The maximum atomic E-state index is 11.3. The Morgan fingerprint density at radius 3 is 3.12 bits per heavy atom. The fourth-order valence-electron chi connectivity index (χ4n) is 2.42. The summed E-state index contributed by atoms with van der Waals surface area (Å²) < 4.78 is 5.72. The van der Waals surface area contributed by atoms with Crippen molar-refractivity contribution in [2.45, 2.75) is 38.0 Å². The van der Waals surface area contributed by atoms with Gasteiger partial charge < -0.3 is 4.74 Å². The van der Waals surface area contributed by atoms with Crippen molar-refractivity contribution < 1.29 is 9.53 Å². The Balaban J connectivity index is 1.79. The van der Waals surface area contributed by atoms with Crippen molar-refractivity contribution >= 4 is 17.7 Å². The molecular formula is C11H21N3O2S. The van der Waals surface area contributed by atoms with Gasteiger partial charge in [-0.3, -0.25) is 15.1 Å². The lowest BCUT2D eigenvalue weighted by atomic mass is 10.1. The summed E-state index contributed by atoms with van der Waals surface area (Å²) in [5.41, 5.74) is 2.16. The Morgan fingerprint density at radius 2 is 2.41 bits per heavy atom. The minimum atomic E-state index is -0.348. The number of hydrazine groups is 1. The van der Waals surface area contributed by atoms with Crippen LogP contribution >= 0.6 is 11.8 Å². The standard InChI is InChI=1S/C11H21N3O2S/c1-8-7-17-5-4-14(8)6-9-2-3-10(16-9)11(15)13-12/h8-10H,2-7,12H2,1H3,(H,13,15). The number of nitrogens with zero attached hydrogens (tertiary/aromatic N) is 1. The number of rotatable bonds is 3. The third-order valence-electron chi connectivity index (χ3n) is 3.49. The third kappa shape index (κ3) is 3.34. The Kier molecular flexibility index (Phi) is 4.67. The van der Waals surface area contributed by atoms with E-state index in [1.807, 2.05) is 11.8 Å². The van der Waals surface area contributed by atoms with E-state index in [2.05, 4.69) is 17.2 Å². The first kappa shape index (κ1) is 13.1. The Labute approximate surface area is 106 Å². The van der Waals surface area contributed by atoms with Gasteiger partial charge in [0.1, 0.15) is 6.10 Å². The number of hydrogen-bond acceptors (Lipinski definition) is 5. The van der Waals surface area contributed by atoms with Gasteiger partial charge in [0.25, 0.3) is 5.91 Å². The summed E-state index contributed by atoms with van der Waals surface area (Å²) in [6.45, 7) is 4.32. The summed E-state index contributed by atoms with van der Waals surface area (Å²) in [5.74, 6) is 7.30. The summed E-state index contributed by atoms with van der Waals surface area (Å²) in [6.07, 6.45) is 1.57. The number of carbonyl (C=O) groups excluding carboxylic acids is 1. The van der Waals surface area contributed by atoms with E-state index in [-0.39, 0.29) is 18.1 Å². The highest BCUT2D eigenvalue weighted by atomic mass is 32.2. The molecule has 2 aliphatic heterocycles. The minimum absolute atomic E-state index is 0.183. The lowest BCUT2D eigenvalue weighted by molar-refractivity contribution is -0.132. The van der Waals surface area contributed by atoms with Crippen molar-refractivity contribution in [1.82, 2.24) is 10.3 Å². The molecule has 17 heavy (non-hydrogen) atoms. The zero-order valence-electron chi connectivity index (χ0n) is 10.2. The van der Waals surface area contributed by atoms with E-state index in [4.69, 9.17) is 10.6 Å². The van der Waals surface area contributed by atoms with Crippen molar-refractivity contribution in [3.05, 3.63) is 0 Å². The first-order valence-electron chi connectivity index (χ1n) is 6.18. The third-order valence-corrected chi connectivity index (χ3v) is 4.67. The summed E-state index contributed by atoms with van der Waals surface area (Å²) in [6, 6.07) is 0.611. The van der Waals surface area contributed by atoms with Crippen molar-refractivity contribution in [2.24, 2.45) is 5.84 Å². The Bertz CT molecular complexity index is 277. The molecule has 0 aliphatic carbocycles. The predicted octanol–water partition coefficient (Wildman–Crippen LogP) is -0.0388. The van der Waals surface area contributed by atoms with Gasteiger partial charge in [0, 0.05) is 30.6 Å². The van der Waals surface area contributed by atoms with Crippen molar-refractivity contribution in [2.75, 3.05) is 24.6 Å². The van der Waals surface area contributed by atoms with Gasteiger partial charge in [0.15, 0.2) is 0 Å². The maximum absolute atomic E-state index is 11.3. The number of amides is 1. The first-order valence-corrected chi connectivity index (χ1v) is 7.34. The summed E-state index contributed by atoms with van der Waals surface area (Å²) in [7, 11) is 0. The molecule has 6 heteroatoms. The Morgan fingerprint density at radius 1 is 1.59 bits per heavy atom. The molecule has 0 aromatic rings. The lowest BCUT2D eigenvalue weighted by Crippen LogP contribution is -2.45. The molecule has 2 rings (SSSR count). The first-order chi connectivity index (χ1) is 8.20. The van der Waals surface area contributed by atoms with Crippen molar-refractivity contribution in [3.63, 3.8) is 0 Å². The van der Waals surface area contributed by atoms with Crippen LogP contribution in [0, 0.1) is 0 Å². The van der Waals surface area contributed by atoms with Crippen LogP contribution in [0.4, 0.5) is 0 Å². The molecular weight excluding hydrogens is 238 g/mol. The fraction of sp³-hybridized carbons (Fsp3) is 0.909. The maximum Gasteiger partial charge on any atom is 0.263 e. The van der Waals surface area contributed by atoms with Crippen LogP contribution in [0.2, 0.25) is 0 Å². The van der Waals surface area contributed by atoms with Gasteiger partial charge in [0.2, 0.25) is 0 Å². The van der Waals surface area contributed by atoms with E-state index in [1.54, 1.807) is 0 Å². The van der Waals surface area contributed by atoms with E-state index >= 15 is 0 Å². The molecule has 0 radical (unpaired) electrons. The van der Waals surface area contributed by atoms with Crippen molar-refractivity contribution in [1.29, 1.82) is 0 Å². The second-order valence-electron chi connectivity index (χ2n) is 4.75. The number of nitrogens with one attached hydrogen (secondary N) is 1. The number of ether oxygens (including phenoxy) is 1. The monoisotopic (exact) mass is 259 g/mol. The molecule has 0 aromatic heterocycles. The number of hydrogen-bond donors (Lipinski definition) is 2. The Hall–Kier alpha value is -0.300. The smallest absolute Gasteiger partial charge is 0.263 e. The quantitative estimate of drug-likeness (QED) is 0.423. The van der Waals surface area contributed by atoms with Gasteiger partial charge in [-0.05, 0) is 19.8 Å². The van der Waals surface area contributed by atoms with Crippen LogP contribution in [0.25, 0.3) is 0 Å². The summed E-state index contributed by atoms with van der Waals surface area (Å²) in [5, 5.41) is 0. The molecule has 2 heterocycles. The molecule has 0 bridgehead atoms. The van der Waals surface area contributed by atoms with Crippen LogP contribution < -0.4 is 11.3 Å². The van der Waals surface area contributed by atoms with Gasteiger partial charge in [-0.15, -0.1) is 0 Å². The van der Waals surface area contributed by atoms with Crippen molar-refractivity contribution in [3.8, 4) is 0 Å². The average Bonchev–Trinajstić information content (AvgIpc) is 2.80. The number of carbonyl (C=O) groups is 1. The van der Waals surface area contributed by atoms with Gasteiger partial charge in [-0.2, -0.15) is 11.8 Å². The predicted molar refractivity (Wildman–Crippen MR) is 68.6 cm³/mol. The molecule has 3 N–H and O–H groups in total. The van der Waals surface area contributed by atoms with Crippen LogP contribution in [0.15, 0.2) is 0 Å². The SMILES string of the molecule is CC1CSCCN1CC1CCC(C(=O)NN)O1. The summed E-state index contributed by atoms with van der Waals surface area (Å²) >= 11 is 2.01. The van der Waals surface area contributed by atoms with E-state index in [0.717, 1.165) is 25.9 Å². The average molecular weight is 259 g/mol. The highest BCUT2D eigenvalue weighted by molar-refractivity contribution is 7.99. The van der Waals surface area contributed by atoms with Crippen LogP contribution in [0.5, 0.6) is 0 Å². The van der Waals surface area contributed by atoms with Gasteiger partial charge in [0.05, 0.1) is 6.10 Å². The molecule has 2 saturated heterocycles. The molecule has 0 saturated carbocycles. The normalized spacial score (nSPS) is 34.8. The van der Waals surface area contributed by atoms with Crippen LogP contribution in [0.3, 0.4) is 0 Å². The minimum Gasteiger partial charge on any atom is -0.364 e. The zero-order valence-corrected chi connectivity index (χ0v) is 11.0. The van der Waals surface area contributed by atoms with E-state index in [1.165, 1.54) is 11.5 Å². The second kappa shape index (κ2) is 6.04. The van der Waals surface area contributed by atoms with E-state index < -0.39 is 0 Å². The number of nitrogens with two attached hydrogens (primary N) is 1. The molecule has 0 spiro atoms.